The van der Waals surface area contributed by atoms with E-state index in [4.69, 9.17) is 11.6 Å². The molecule has 1 aromatic carbocycles. The first-order chi connectivity index (χ1) is 8.86. The van der Waals surface area contributed by atoms with Gasteiger partial charge in [-0.1, -0.05) is 24.4 Å². The van der Waals surface area contributed by atoms with Gasteiger partial charge < -0.3 is 5.11 Å². The Balaban J connectivity index is 2.30. The van der Waals surface area contributed by atoms with Crippen LogP contribution in [0.5, 0.6) is 0 Å². The summed E-state index contributed by atoms with van der Waals surface area (Å²) < 4.78 is 26.7. The molecule has 5 nitrogen and oxygen atoms in total. The first-order valence-corrected chi connectivity index (χ1v) is 7.75. The van der Waals surface area contributed by atoms with Crippen molar-refractivity contribution in [3.05, 3.63) is 29.3 Å². The van der Waals surface area contributed by atoms with E-state index in [1.807, 2.05) is 0 Å². The van der Waals surface area contributed by atoms with E-state index in [1.165, 1.54) is 24.3 Å². The standard InChI is InChI=1S/C12H14ClNO4S/c13-9-3-5-10(6-4-9)19(17,18)14-12(11(15)16)7-1-2-8-12/h3-6,14H,1-2,7-8H2,(H,15,16). The van der Waals surface area contributed by atoms with Crippen molar-refractivity contribution in [2.45, 2.75) is 36.1 Å². The van der Waals surface area contributed by atoms with E-state index in [-0.39, 0.29) is 4.90 Å². The highest BCUT2D eigenvalue weighted by Crippen LogP contribution is 2.31. The quantitative estimate of drug-likeness (QED) is 0.891. The fourth-order valence-electron chi connectivity index (χ4n) is 2.27. The van der Waals surface area contributed by atoms with Gasteiger partial charge in [-0.15, -0.1) is 0 Å². The normalized spacial score (nSPS) is 18.4. The molecule has 0 heterocycles. The van der Waals surface area contributed by atoms with Crippen molar-refractivity contribution < 1.29 is 18.3 Å². The minimum Gasteiger partial charge on any atom is -0.480 e. The summed E-state index contributed by atoms with van der Waals surface area (Å²) in [5.74, 6) is -1.12. The molecule has 1 saturated carbocycles. The Labute approximate surface area is 116 Å². The van der Waals surface area contributed by atoms with Crippen LogP contribution in [0.4, 0.5) is 0 Å². The summed E-state index contributed by atoms with van der Waals surface area (Å²) in [6, 6.07) is 5.63. The third-order valence-electron chi connectivity index (χ3n) is 3.32. The Hall–Kier alpha value is -1.11. The average Bonchev–Trinajstić information content (AvgIpc) is 2.78. The summed E-state index contributed by atoms with van der Waals surface area (Å²) in [6.07, 6.45) is 2.04. The zero-order chi connectivity index (χ0) is 14.1. The van der Waals surface area contributed by atoms with Crippen molar-refractivity contribution in [3.63, 3.8) is 0 Å². The molecule has 0 amide bonds. The van der Waals surface area contributed by atoms with Gasteiger partial charge in [0.05, 0.1) is 4.90 Å². The van der Waals surface area contributed by atoms with Crippen molar-refractivity contribution in [2.24, 2.45) is 0 Å². The predicted molar refractivity (Wildman–Crippen MR) is 70.6 cm³/mol. The summed E-state index contributed by atoms with van der Waals surface area (Å²) in [7, 11) is -3.85. The van der Waals surface area contributed by atoms with E-state index in [9.17, 15) is 18.3 Å². The molecule has 1 fully saturated rings. The van der Waals surface area contributed by atoms with Gasteiger partial charge in [0, 0.05) is 5.02 Å². The van der Waals surface area contributed by atoms with Crippen molar-refractivity contribution in [2.75, 3.05) is 0 Å². The molecule has 2 N–H and O–H groups in total. The Morgan fingerprint density at radius 2 is 1.74 bits per heavy atom. The molecule has 0 saturated heterocycles. The van der Waals surface area contributed by atoms with E-state index in [2.05, 4.69) is 4.72 Å². The fraction of sp³-hybridized carbons (Fsp3) is 0.417. The second-order valence-electron chi connectivity index (χ2n) is 4.65. The van der Waals surface area contributed by atoms with Crippen LogP contribution in [-0.2, 0) is 14.8 Å². The minimum atomic E-state index is -3.85. The molecule has 1 aromatic rings. The molecule has 0 spiro atoms. The lowest BCUT2D eigenvalue weighted by molar-refractivity contribution is -0.143. The molecule has 2 rings (SSSR count). The number of carboxylic acid groups (broad SMARTS) is 1. The predicted octanol–water partition coefficient (Wildman–Crippen LogP) is 2.02. The second kappa shape index (κ2) is 5.11. The smallest absolute Gasteiger partial charge is 0.324 e. The number of hydrogen-bond donors (Lipinski definition) is 2. The Morgan fingerprint density at radius 1 is 1.21 bits per heavy atom. The Bertz CT molecular complexity index is 576. The maximum absolute atomic E-state index is 12.2. The van der Waals surface area contributed by atoms with Gasteiger partial charge in [-0.2, -0.15) is 4.72 Å². The number of carboxylic acids is 1. The molecule has 19 heavy (non-hydrogen) atoms. The van der Waals surface area contributed by atoms with Gasteiger partial charge in [-0.05, 0) is 37.1 Å². The van der Waals surface area contributed by atoms with E-state index < -0.39 is 21.5 Å². The van der Waals surface area contributed by atoms with Crippen LogP contribution in [-0.4, -0.2) is 25.0 Å². The first kappa shape index (κ1) is 14.3. The topological polar surface area (TPSA) is 83.5 Å². The van der Waals surface area contributed by atoms with Crippen LogP contribution in [0.3, 0.4) is 0 Å². The third-order valence-corrected chi connectivity index (χ3v) is 5.12. The number of nitrogens with one attached hydrogen (secondary N) is 1. The van der Waals surface area contributed by atoms with E-state index in [1.54, 1.807) is 0 Å². The first-order valence-electron chi connectivity index (χ1n) is 5.89. The molecule has 0 atom stereocenters. The van der Waals surface area contributed by atoms with Crippen LogP contribution in [0.2, 0.25) is 5.02 Å². The van der Waals surface area contributed by atoms with Gasteiger partial charge in [-0.25, -0.2) is 8.42 Å². The number of rotatable bonds is 4. The molecule has 104 valence electrons. The zero-order valence-corrected chi connectivity index (χ0v) is 11.7. The summed E-state index contributed by atoms with van der Waals surface area (Å²) in [6.45, 7) is 0. The lowest BCUT2D eigenvalue weighted by Crippen LogP contribution is -2.52. The largest absolute Gasteiger partial charge is 0.480 e. The Kier molecular flexibility index (Phi) is 3.85. The molecule has 0 unspecified atom stereocenters. The number of sulfonamides is 1. The summed E-state index contributed by atoms with van der Waals surface area (Å²) in [4.78, 5) is 11.4. The molecule has 7 heteroatoms. The number of carbonyl (C=O) groups is 1. The van der Waals surface area contributed by atoms with Crippen molar-refractivity contribution in [3.8, 4) is 0 Å². The highest BCUT2D eigenvalue weighted by atomic mass is 35.5. The van der Waals surface area contributed by atoms with Crippen LogP contribution in [0.15, 0.2) is 29.2 Å². The lowest BCUT2D eigenvalue weighted by atomic mass is 10.0. The van der Waals surface area contributed by atoms with E-state index in [0.717, 1.165) is 0 Å². The van der Waals surface area contributed by atoms with Crippen LogP contribution in [0.1, 0.15) is 25.7 Å². The number of aliphatic carboxylic acids is 1. The number of benzene rings is 1. The van der Waals surface area contributed by atoms with Crippen LogP contribution < -0.4 is 4.72 Å². The fourth-order valence-corrected chi connectivity index (χ4v) is 3.81. The average molecular weight is 304 g/mol. The maximum Gasteiger partial charge on any atom is 0.324 e. The van der Waals surface area contributed by atoms with Gasteiger partial charge in [0.1, 0.15) is 5.54 Å². The van der Waals surface area contributed by atoms with Crippen LogP contribution >= 0.6 is 11.6 Å². The van der Waals surface area contributed by atoms with Crippen molar-refractivity contribution in [1.29, 1.82) is 0 Å². The van der Waals surface area contributed by atoms with Crippen molar-refractivity contribution >= 4 is 27.6 Å². The monoisotopic (exact) mass is 303 g/mol. The molecule has 0 aromatic heterocycles. The zero-order valence-electron chi connectivity index (χ0n) is 10.1. The molecule has 0 aliphatic heterocycles. The van der Waals surface area contributed by atoms with Gasteiger partial charge in [0.25, 0.3) is 0 Å². The summed E-state index contributed by atoms with van der Waals surface area (Å²) >= 11 is 5.70. The van der Waals surface area contributed by atoms with Crippen LogP contribution in [0.25, 0.3) is 0 Å². The molecule has 1 aliphatic carbocycles. The minimum absolute atomic E-state index is 0.0180. The SMILES string of the molecule is O=C(O)C1(NS(=O)(=O)c2ccc(Cl)cc2)CCCC1. The summed E-state index contributed by atoms with van der Waals surface area (Å²) in [5.41, 5.74) is -1.38. The molecular weight excluding hydrogens is 290 g/mol. The highest BCUT2D eigenvalue weighted by Gasteiger charge is 2.44. The van der Waals surface area contributed by atoms with E-state index in [0.29, 0.717) is 30.7 Å². The number of halogens is 1. The van der Waals surface area contributed by atoms with Gasteiger partial charge in [0.15, 0.2) is 0 Å². The number of hydrogen-bond acceptors (Lipinski definition) is 3. The molecular formula is C12H14ClNO4S. The lowest BCUT2D eigenvalue weighted by Gasteiger charge is -2.24. The molecule has 1 aliphatic rings. The van der Waals surface area contributed by atoms with Crippen LogP contribution in [0, 0.1) is 0 Å². The second-order valence-corrected chi connectivity index (χ2v) is 6.77. The van der Waals surface area contributed by atoms with Gasteiger partial charge in [0.2, 0.25) is 10.0 Å². The van der Waals surface area contributed by atoms with Crippen molar-refractivity contribution in [1.82, 2.24) is 4.72 Å². The maximum atomic E-state index is 12.2. The third kappa shape index (κ3) is 2.91. The summed E-state index contributed by atoms with van der Waals surface area (Å²) in [5, 5.41) is 9.69. The highest BCUT2D eigenvalue weighted by molar-refractivity contribution is 7.89. The molecule has 0 radical (unpaired) electrons. The van der Waals surface area contributed by atoms with Gasteiger partial charge in [-0.3, -0.25) is 4.79 Å². The molecule has 0 bridgehead atoms. The Morgan fingerprint density at radius 3 is 2.21 bits per heavy atom. The van der Waals surface area contributed by atoms with Gasteiger partial charge >= 0.3 is 5.97 Å². The van der Waals surface area contributed by atoms with E-state index >= 15 is 0 Å².